The average Bonchev–Trinajstić information content (AvgIpc) is 2.16. The van der Waals surface area contributed by atoms with Crippen LogP contribution in [0.25, 0.3) is 0 Å². The van der Waals surface area contributed by atoms with Gasteiger partial charge < -0.3 is 4.90 Å². The summed E-state index contributed by atoms with van der Waals surface area (Å²) in [5, 5.41) is 11.0. The molecule has 80 valence electrons. The third-order valence-corrected chi connectivity index (χ3v) is 2.14. The van der Waals surface area contributed by atoms with Gasteiger partial charge in [0.05, 0.1) is 0 Å². The quantitative estimate of drug-likeness (QED) is 0.598. The van der Waals surface area contributed by atoms with Gasteiger partial charge in [-0.1, -0.05) is 0 Å². The highest BCUT2D eigenvalue weighted by molar-refractivity contribution is 5.50. The smallest absolute Gasteiger partial charge is 0.182 e. The van der Waals surface area contributed by atoms with E-state index in [9.17, 15) is 0 Å². The van der Waals surface area contributed by atoms with Crippen molar-refractivity contribution < 1.29 is 0 Å². The molecule has 1 aromatic heterocycles. The highest BCUT2D eigenvalue weighted by Gasteiger charge is 2.08. The summed E-state index contributed by atoms with van der Waals surface area (Å²) in [6.07, 6.45) is 1.85. The molecule has 1 rings (SSSR count). The molecule has 0 aliphatic carbocycles. The van der Waals surface area contributed by atoms with Gasteiger partial charge in [-0.2, -0.15) is 5.26 Å². The van der Waals surface area contributed by atoms with Gasteiger partial charge in [0.2, 0.25) is 0 Å². The molecular formula is C10H15N5. The zero-order valence-electron chi connectivity index (χ0n) is 9.44. The van der Waals surface area contributed by atoms with Crippen LogP contribution in [0.1, 0.15) is 19.7 Å². The molecule has 0 saturated carbocycles. The minimum atomic E-state index is 0.356. The molecule has 0 fully saturated rings. The Morgan fingerprint density at radius 2 is 2.13 bits per heavy atom. The number of anilines is 2. The Labute approximate surface area is 89.8 Å². The Morgan fingerprint density at radius 1 is 1.47 bits per heavy atom. The van der Waals surface area contributed by atoms with Crippen molar-refractivity contribution in [1.82, 2.24) is 9.97 Å². The van der Waals surface area contributed by atoms with Crippen LogP contribution < -0.4 is 10.2 Å². The highest BCUT2D eigenvalue weighted by atomic mass is 15.2. The lowest BCUT2D eigenvalue weighted by Gasteiger charge is -2.22. The topological polar surface area (TPSA) is 64.8 Å². The van der Waals surface area contributed by atoms with Gasteiger partial charge in [0.15, 0.2) is 6.19 Å². The summed E-state index contributed by atoms with van der Waals surface area (Å²) < 4.78 is 0. The first-order valence-corrected chi connectivity index (χ1v) is 4.78. The maximum Gasteiger partial charge on any atom is 0.182 e. The van der Waals surface area contributed by atoms with Gasteiger partial charge in [-0.05, 0) is 20.8 Å². The van der Waals surface area contributed by atoms with Crippen LogP contribution in [0.4, 0.5) is 11.6 Å². The molecule has 0 saturated heterocycles. The van der Waals surface area contributed by atoms with Crippen molar-refractivity contribution >= 4 is 11.6 Å². The van der Waals surface area contributed by atoms with E-state index in [2.05, 4.69) is 29.1 Å². The van der Waals surface area contributed by atoms with E-state index in [1.165, 1.54) is 0 Å². The summed E-state index contributed by atoms with van der Waals surface area (Å²) in [5.41, 5.74) is 0. The lowest BCUT2D eigenvalue weighted by atomic mass is 10.3. The fraction of sp³-hybridized carbons (Fsp3) is 0.500. The second kappa shape index (κ2) is 4.60. The van der Waals surface area contributed by atoms with E-state index < -0.39 is 0 Å². The molecule has 5 nitrogen and oxygen atoms in total. The Bertz CT molecular complexity index is 380. The van der Waals surface area contributed by atoms with Crippen molar-refractivity contribution in [3.63, 3.8) is 0 Å². The van der Waals surface area contributed by atoms with Crippen molar-refractivity contribution in [2.45, 2.75) is 26.8 Å². The molecule has 0 amide bonds. The van der Waals surface area contributed by atoms with Crippen LogP contribution >= 0.6 is 0 Å². The van der Waals surface area contributed by atoms with Gasteiger partial charge in [0.1, 0.15) is 17.5 Å². The first-order valence-electron chi connectivity index (χ1n) is 4.78. The Balaban J connectivity index is 3.04. The maximum atomic E-state index is 8.51. The number of nitrogens with zero attached hydrogens (tertiary/aromatic N) is 4. The predicted octanol–water partition coefficient (Wildman–Crippen LogP) is 1.52. The summed E-state index contributed by atoms with van der Waals surface area (Å²) in [4.78, 5) is 10.4. The number of nitrogens with one attached hydrogen (secondary N) is 1. The average molecular weight is 205 g/mol. The van der Waals surface area contributed by atoms with Gasteiger partial charge in [-0.25, -0.2) is 9.97 Å². The van der Waals surface area contributed by atoms with E-state index in [1.807, 2.05) is 18.1 Å². The number of aromatic nitrogens is 2. The monoisotopic (exact) mass is 205 g/mol. The van der Waals surface area contributed by atoms with E-state index in [-0.39, 0.29) is 0 Å². The van der Waals surface area contributed by atoms with E-state index in [0.29, 0.717) is 17.7 Å². The summed E-state index contributed by atoms with van der Waals surface area (Å²) in [5.74, 6) is 2.00. The van der Waals surface area contributed by atoms with E-state index in [0.717, 1.165) is 5.82 Å². The molecule has 15 heavy (non-hydrogen) atoms. The normalized spacial score (nSPS) is 9.87. The SMILES string of the molecule is Cc1nc(NC#N)cc(N(C)C(C)C)n1. The lowest BCUT2D eigenvalue weighted by Crippen LogP contribution is -2.27. The lowest BCUT2D eigenvalue weighted by molar-refractivity contribution is 0.739. The van der Waals surface area contributed by atoms with Crippen LogP contribution in [0.3, 0.4) is 0 Å². The van der Waals surface area contributed by atoms with E-state index >= 15 is 0 Å². The highest BCUT2D eigenvalue weighted by Crippen LogP contribution is 2.16. The molecule has 5 heteroatoms. The van der Waals surface area contributed by atoms with Crippen LogP contribution in [-0.2, 0) is 0 Å². The standard InChI is InChI=1S/C10H15N5/c1-7(2)15(4)10-5-9(12-6-11)13-8(3)14-10/h5,7H,1-4H3,(H,12,13,14). The molecule has 0 atom stereocenters. The van der Waals surface area contributed by atoms with E-state index in [1.54, 1.807) is 13.0 Å². The van der Waals surface area contributed by atoms with Crippen LogP contribution in [0.15, 0.2) is 6.07 Å². The minimum absolute atomic E-state index is 0.356. The third kappa shape index (κ3) is 2.81. The first kappa shape index (κ1) is 11.2. The summed E-state index contributed by atoms with van der Waals surface area (Å²) in [7, 11) is 1.96. The minimum Gasteiger partial charge on any atom is -0.357 e. The zero-order valence-corrected chi connectivity index (χ0v) is 9.44. The largest absolute Gasteiger partial charge is 0.357 e. The van der Waals surface area contributed by atoms with Crippen molar-refractivity contribution in [2.75, 3.05) is 17.3 Å². The summed E-state index contributed by atoms with van der Waals surface area (Å²) in [6, 6.07) is 2.12. The van der Waals surface area contributed by atoms with Crippen molar-refractivity contribution in [3.8, 4) is 6.19 Å². The second-order valence-electron chi connectivity index (χ2n) is 3.60. The molecule has 0 aliphatic rings. The Morgan fingerprint density at radius 3 is 2.67 bits per heavy atom. The molecule has 0 bridgehead atoms. The van der Waals surface area contributed by atoms with Gasteiger partial charge in [-0.3, -0.25) is 5.32 Å². The molecular weight excluding hydrogens is 190 g/mol. The van der Waals surface area contributed by atoms with Crippen LogP contribution in [0, 0.1) is 18.4 Å². The van der Waals surface area contributed by atoms with Crippen molar-refractivity contribution in [1.29, 1.82) is 5.26 Å². The number of hydrogen-bond donors (Lipinski definition) is 1. The van der Waals surface area contributed by atoms with E-state index in [4.69, 9.17) is 5.26 Å². The van der Waals surface area contributed by atoms with Gasteiger partial charge in [0.25, 0.3) is 0 Å². The fourth-order valence-electron chi connectivity index (χ4n) is 1.12. The molecule has 0 unspecified atom stereocenters. The Kier molecular flexibility index (Phi) is 3.45. The first-order chi connectivity index (χ1) is 7.04. The molecule has 0 spiro atoms. The Hall–Kier alpha value is -1.83. The fourth-order valence-corrected chi connectivity index (χ4v) is 1.12. The number of hydrogen-bond acceptors (Lipinski definition) is 5. The molecule has 0 radical (unpaired) electrons. The summed E-state index contributed by atoms with van der Waals surface area (Å²) in [6.45, 7) is 5.96. The molecule has 1 heterocycles. The molecule has 1 aromatic rings. The van der Waals surface area contributed by atoms with Crippen LogP contribution in [0.2, 0.25) is 0 Å². The number of rotatable bonds is 3. The van der Waals surface area contributed by atoms with Crippen LogP contribution in [0.5, 0.6) is 0 Å². The summed E-state index contributed by atoms with van der Waals surface area (Å²) >= 11 is 0. The van der Waals surface area contributed by atoms with Crippen molar-refractivity contribution in [2.24, 2.45) is 0 Å². The van der Waals surface area contributed by atoms with Gasteiger partial charge in [-0.15, -0.1) is 0 Å². The molecule has 1 N–H and O–H groups in total. The number of nitriles is 1. The van der Waals surface area contributed by atoms with Gasteiger partial charge in [0, 0.05) is 19.2 Å². The van der Waals surface area contributed by atoms with Crippen LogP contribution in [-0.4, -0.2) is 23.1 Å². The number of aryl methyl sites for hydroxylation is 1. The van der Waals surface area contributed by atoms with Crippen molar-refractivity contribution in [3.05, 3.63) is 11.9 Å². The second-order valence-corrected chi connectivity index (χ2v) is 3.60. The zero-order chi connectivity index (χ0) is 11.4. The molecule has 0 aliphatic heterocycles. The molecule has 0 aromatic carbocycles. The predicted molar refractivity (Wildman–Crippen MR) is 59.5 cm³/mol. The van der Waals surface area contributed by atoms with Gasteiger partial charge >= 0.3 is 0 Å². The third-order valence-electron chi connectivity index (χ3n) is 2.14. The maximum absolute atomic E-state index is 8.51.